The van der Waals surface area contributed by atoms with Crippen LogP contribution in [0.2, 0.25) is 0 Å². The molecular formula is C14H16N2O. The van der Waals surface area contributed by atoms with Crippen LogP contribution in [-0.2, 0) is 6.54 Å². The van der Waals surface area contributed by atoms with Crippen LogP contribution in [0.1, 0.15) is 5.56 Å². The topological polar surface area (TPSA) is 61.3 Å². The molecule has 0 unspecified atom stereocenters. The minimum Gasteiger partial charge on any atom is -0.497 e. The summed E-state index contributed by atoms with van der Waals surface area (Å²) in [6.07, 6.45) is 0. The molecule has 0 spiro atoms. The van der Waals surface area contributed by atoms with Gasteiger partial charge in [0.15, 0.2) is 0 Å². The highest BCUT2D eigenvalue weighted by Gasteiger charge is 2.03. The molecule has 0 aromatic heterocycles. The first-order valence-corrected chi connectivity index (χ1v) is 5.47. The molecule has 0 bridgehead atoms. The number of methoxy groups -OCH3 is 1. The monoisotopic (exact) mass is 228 g/mol. The van der Waals surface area contributed by atoms with Gasteiger partial charge in [0, 0.05) is 23.9 Å². The molecule has 3 heteroatoms. The summed E-state index contributed by atoms with van der Waals surface area (Å²) in [6.45, 7) is 0.554. The SMILES string of the molecule is COc1ccc(-c2ccc(CN)cc2)c(N)c1. The molecule has 0 atom stereocenters. The summed E-state index contributed by atoms with van der Waals surface area (Å²) < 4.78 is 5.13. The normalized spacial score (nSPS) is 10.2. The van der Waals surface area contributed by atoms with Gasteiger partial charge in [-0.1, -0.05) is 24.3 Å². The molecule has 4 N–H and O–H groups in total. The van der Waals surface area contributed by atoms with Crippen LogP contribution in [0.4, 0.5) is 5.69 Å². The van der Waals surface area contributed by atoms with Crippen molar-refractivity contribution in [2.24, 2.45) is 5.73 Å². The van der Waals surface area contributed by atoms with Gasteiger partial charge < -0.3 is 16.2 Å². The third-order valence-electron chi connectivity index (χ3n) is 2.76. The summed E-state index contributed by atoms with van der Waals surface area (Å²) in [5.74, 6) is 0.768. The van der Waals surface area contributed by atoms with Crippen LogP contribution in [0.15, 0.2) is 42.5 Å². The molecule has 0 heterocycles. The fraction of sp³-hybridized carbons (Fsp3) is 0.143. The molecule has 88 valence electrons. The van der Waals surface area contributed by atoms with Crippen molar-refractivity contribution in [3.05, 3.63) is 48.0 Å². The Morgan fingerprint density at radius 1 is 1.06 bits per heavy atom. The van der Waals surface area contributed by atoms with Crippen LogP contribution < -0.4 is 16.2 Å². The average Bonchev–Trinajstić information content (AvgIpc) is 2.39. The number of nitrogens with two attached hydrogens (primary N) is 2. The van der Waals surface area contributed by atoms with Crippen molar-refractivity contribution in [2.75, 3.05) is 12.8 Å². The number of benzene rings is 2. The molecule has 2 rings (SSSR count). The Kier molecular flexibility index (Phi) is 3.30. The van der Waals surface area contributed by atoms with Crippen molar-refractivity contribution in [3.63, 3.8) is 0 Å². The first-order valence-electron chi connectivity index (χ1n) is 5.47. The molecule has 3 nitrogen and oxygen atoms in total. The summed E-state index contributed by atoms with van der Waals surface area (Å²) in [5.41, 5.74) is 15.5. The number of rotatable bonds is 3. The van der Waals surface area contributed by atoms with Gasteiger partial charge in [-0.2, -0.15) is 0 Å². The van der Waals surface area contributed by atoms with E-state index >= 15 is 0 Å². The van der Waals surface area contributed by atoms with Crippen LogP contribution in [0.25, 0.3) is 11.1 Å². The van der Waals surface area contributed by atoms with Crippen molar-refractivity contribution < 1.29 is 4.74 Å². The molecule has 17 heavy (non-hydrogen) atoms. The van der Waals surface area contributed by atoms with Crippen LogP contribution in [-0.4, -0.2) is 7.11 Å². The van der Waals surface area contributed by atoms with Crippen molar-refractivity contribution in [1.29, 1.82) is 0 Å². The molecule has 0 aliphatic rings. The lowest BCUT2D eigenvalue weighted by molar-refractivity contribution is 0.415. The molecular weight excluding hydrogens is 212 g/mol. The smallest absolute Gasteiger partial charge is 0.120 e. The number of ether oxygens (including phenoxy) is 1. The summed E-state index contributed by atoms with van der Waals surface area (Å²) in [7, 11) is 1.63. The summed E-state index contributed by atoms with van der Waals surface area (Å²) in [6, 6.07) is 13.8. The predicted molar refractivity (Wildman–Crippen MR) is 70.7 cm³/mol. The number of nitrogen functional groups attached to an aromatic ring is 1. The van der Waals surface area contributed by atoms with Gasteiger partial charge in [-0.3, -0.25) is 0 Å². The Hall–Kier alpha value is -2.00. The zero-order valence-corrected chi connectivity index (χ0v) is 9.81. The standard InChI is InChI=1S/C14H16N2O/c1-17-12-6-7-13(14(16)8-12)11-4-2-10(9-15)3-5-11/h2-8H,9,15-16H2,1H3. The van der Waals surface area contributed by atoms with E-state index in [9.17, 15) is 0 Å². The highest BCUT2D eigenvalue weighted by atomic mass is 16.5. The zero-order valence-electron chi connectivity index (χ0n) is 9.81. The van der Waals surface area contributed by atoms with Gasteiger partial charge in [0.2, 0.25) is 0 Å². The van der Waals surface area contributed by atoms with Crippen molar-refractivity contribution in [2.45, 2.75) is 6.54 Å². The van der Waals surface area contributed by atoms with Gasteiger partial charge in [0.1, 0.15) is 5.75 Å². The minimum atomic E-state index is 0.554. The summed E-state index contributed by atoms with van der Waals surface area (Å²) >= 11 is 0. The second-order valence-corrected chi connectivity index (χ2v) is 3.85. The second kappa shape index (κ2) is 4.89. The highest BCUT2D eigenvalue weighted by Crippen LogP contribution is 2.29. The van der Waals surface area contributed by atoms with Crippen molar-refractivity contribution in [3.8, 4) is 16.9 Å². The zero-order chi connectivity index (χ0) is 12.3. The van der Waals surface area contributed by atoms with Crippen LogP contribution in [0.5, 0.6) is 5.75 Å². The van der Waals surface area contributed by atoms with Crippen molar-refractivity contribution >= 4 is 5.69 Å². The number of hydrogen-bond acceptors (Lipinski definition) is 3. The molecule has 0 aliphatic carbocycles. The Labute approximate surface area is 101 Å². The maximum absolute atomic E-state index is 5.99. The van der Waals surface area contributed by atoms with Gasteiger partial charge in [-0.15, -0.1) is 0 Å². The molecule has 0 saturated carbocycles. The van der Waals surface area contributed by atoms with Gasteiger partial charge >= 0.3 is 0 Å². The van der Waals surface area contributed by atoms with Gasteiger partial charge in [-0.25, -0.2) is 0 Å². The van der Waals surface area contributed by atoms with Gasteiger partial charge in [-0.05, 0) is 23.3 Å². The van der Waals surface area contributed by atoms with E-state index in [4.69, 9.17) is 16.2 Å². The molecule has 0 fully saturated rings. The third-order valence-corrected chi connectivity index (χ3v) is 2.76. The van der Waals surface area contributed by atoms with E-state index in [2.05, 4.69) is 0 Å². The molecule has 0 radical (unpaired) electrons. The Balaban J connectivity index is 2.38. The highest BCUT2D eigenvalue weighted by molar-refractivity contribution is 5.77. The lowest BCUT2D eigenvalue weighted by atomic mass is 10.0. The fourth-order valence-electron chi connectivity index (χ4n) is 1.75. The van der Waals surface area contributed by atoms with Crippen molar-refractivity contribution in [1.82, 2.24) is 0 Å². The minimum absolute atomic E-state index is 0.554. The Morgan fingerprint density at radius 2 is 1.76 bits per heavy atom. The molecule has 2 aromatic carbocycles. The Bertz CT molecular complexity index is 506. The number of anilines is 1. The second-order valence-electron chi connectivity index (χ2n) is 3.85. The van der Waals surface area contributed by atoms with E-state index in [1.165, 1.54) is 0 Å². The Morgan fingerprint density at radius 3 is 2.29 bits per heavy atom. The first-order chi connectivity index (χ1) is 8.24. The van der Waals surface area contributed by atoms with Crippen LogP contribution >= 0.6 is 0 Å². The van der Waals surface area contributed by atoms with E-state index in [-0.39, 0.29) is 0 Å². The first kappa shape index (κ1) is 11.5. The lowest BCUT2D eigenvalue weighted by Gasteiger charge is -2.08. The van der Waals surface area contributed by atoms with E-state index in [0.717, 1.165) is 22.4 Å². The maximum Gasteiger partial charge on any atom is 0.120 e. The fourth-order valence-corrected chi connectivity index (χ4v) is 1.75. The van der Waals surface area contributed by atoms with Crippen LogP contribution in [0.3, 0.4) is 0 Å². The van der Waals surface area contributed by atoms with E-state index in [1.807, 2.05) is 42.5 Å². The number of hydrogen-bond donors (Lipinski definition) is 2. The molecule has 2 aromatic rings. The lowest BCUT2D eigenvalue weighted by Crippen LogP contribution is -1.96. The third kappa shape index (κ3) is 2.40. The summed E-state index contributed by atoms with van der Waals surface area (Å²) in [5, 5.41) is 0. The quantitative estimate of drug-likeness (QED) is 0.793. The summed E-state index contributed by atoms with van der Waals surface area (Å²) in [4.78, 5) is 0. The molecule has 0 aliphatic heterocycles. The average molecular weight is 228 g/mol. The van der Waals surface area contributed by atoms with Gasteiger partial charge in [0.05, 0.1) is 7.11 Å². The predicted octanol–water partition coefficient (Wildman–Crippen LogP) is 2.40. The molecule has 0 amide bonds. The van der Waals surface area contributed by atoms with E-state index in [0.29, 0.717) is 12.2 Å². The van der Waals surface area contributed by atoms with E-state index < -0.39 is 0 Å². The van der Waals surface area contributed by atoms with Crippen LogP contribution in [0, 0.1) is 0 Å². The van der Waals surface area contributed by atoms with E-state index in [1.54, 1.807) is 7.11 Å². The largest absolute Gasteiger partial charge is 0.497 e. The van der Waals surface area contributed by atoms with Gasteiger partial charge in [0.25, 0.3) is 0 Å². The molecule has 0 saturated heterocycles. The maximum atomic E-state index is 5.99.